The van der Waals surface area contributed by atoms with Gasteiger partial charge in [0.1, 0.15) is 10.8 Å². The van der Waals surface area contributed by atoms with Crippen LogP contribution in [0.4, 0.5) is 0 Å². The zero-order valence-electron chi connectivity index (χ0n) is 12.4. The summed E-state index contributed by atoms with van der Waals surface area (Å²) in [5.41, 5.74) is 1.61. The third-order valence-electron chi connectivity index (χ3n) is 3.02. The van der Waals surface area contributed by atoms with Crippen molar-refractivity contribution in [3.63, 3.8) is 0 Å². The van der Waals surface area contributed by atoms with Crippen LogP contribution in [0.1, 0.15) is 34.3 Å². The highest BCUT2D eigenvalue weighted by atomic mass is 79.9. The van der Waals surface area contributed by atoms with Gasteiger partial charge < -0.3 is 14.5 Å². The standard InChI is InChI=1S/C14H13BrN4O3S/c1-7(12-18-9-3-8(15)4-16-13(9)19-12)22-14(20)10-6-23-11(17-10)5-21-2/h3-4,6-7H,5H2,1-2H3,(H,16,18,19). The van der Waals surface area contributed by atoms with Gasteiger partial charge in [0.25, 0.3) is 0 Å². The maximum absolute atomic E-state index is 12.1. The zero-order chi connectivity index (χ0) is 16.4. The van der Waals surface area contributed by atoms with Crippen LogP contribution in [0.3, 0.4) is 0 Å². The number of carbonyl (C=O) groups is 1. The molecule has 1 N–H and O–H groups in total. The van der Waals surface area contributed by atoms with Gasteiger partial charge in [-0.2, -0.15) is 0 Å². The minimum atomic E-state index is -0.539. The predicted molar refractivity (Wildman–Crippen MR) is 88.2 cm³/mol. The van der Waals surface area contributed by atoms with E-state index >= 15 is 0 Å². The Morgan fingerprint density at radius 1 is 1.48 bits per heavy atom. The summed E-state index contributed by atoms with van der Waals surface area (Å²) < 4.78 is 11.2. The number of pyridine rings is 1. The van der Waals surface area contributed by atoms with Gasteiger partial charge >= 0.3 is 5.97 Å². The lowest BCUT2D eigenvalue weighted by Gasteiger charge is -2.09. The molecule has 1 unspecified atom stereocenters. The van der Waals surface area contributed by atoms with Crippen molar-refractivity contribution in [2.45, 2.75) is 19.6 Å². The molecular formula is C14H13BrN4O3S. The Balaban J connectivity index is 1.73. The summed E-state index contributed by atoms with van der Waals surface area (Å²) in [6.45, 7) is 2.12. The van der Waals surface area contributed by atoms with Crippen LogP contribution in [-0.2, 0) is 16.1 Å². The lowest BCUT2D eigenvalue weighted by molar-refractivity contribution is 0.0315. The molecule has 0 aliphatic rings. The molecule has 120 valence electrons. The molecule has 0 amide bonds. The number of nitrogens with one attached hydrogen (secondary N) is 1. The van der Waals surface area contributed by atoms with Crippen LogP contribution in [0.5, 0.6) is 0 Å². The quantitative estimate of drug-likeness (QED) is 0.665. The van der Waals surface area contributed by atoms with E-state index in [4.69, 9.17) is 9.47 Å². The number of nitrogens with zero attached hydrogens (tertiary/aromatic N) is 3. The first-order chi connectivity index (χ1) is 11.1. The number of fused-ring (bicyclic) bond motifs is 1. The van der Waals surface area contributed by atoms with Crippen LogP contribution in [0.25, 0.3) is 11.2 Å². The first kappa shape index (κ1) is 16.0. The predicted octanol–water partition coefficient (Wildman–Crippen LogP) is 3.24. The average Bonchev–Trinajstić information content (AvgIpc) is 3.13. The Hall–Kier alpha value is -1.84. The molecule has 0 aliphatic heterocycles. The number of hydrogen-bond acceptors (Lipinski definition) is 7. The number of H-pyrrole nitrogens is 1. The topological polar surface area (TPSA) is 90.0 Å². The van der Waals surface area contributed by atoms with Gasteiger partial charge in [0.05, 0.1) is 12.1 Å². The van der Waals surface area contributed by atoms with E-state index < -0.39 is 12.1 Å². The molecule has 0 saturated heterocycles. The third kappa shape index (κ3) is 3.57. The number of hydrogen-bond donors (Lipinski definition) is 1. The Morgan fingerprint density at radius 2 is 2.30 bits per heavy atom. The van der Waals surface area contributed by atoms with E-state index in [1.54, 1.807) is 25.6 Å². The highest BCUT2D eigenvalue weighted by molar-refractivity contribution is 9.10. The molecule has 9 heteroatoms. The summed E-state index contributed by atoms with van der Waals surface area (Å²) in [7, 11) is 1.58. The minimum absolute atomic E-state index is 0.269. The molecule has 0 aromatic carbocycles. The number of thiazole rings is 1. The summed E-state index contributed by atoms with van der Waals surface area (Å²) in [6, 6.07) is 1.87. The summed E-state index contributed by atoms with van der Waals surface area (Å²) in [6.07, 6.45) is 1.12. The van der Waals surface area contributed by atoms with Gasteiger partial charge in [-0.05, 0) is 28.9 Å². The Labute approximate surface area is 144 Å². The Bertz CT molecular complexity index is 848. The summed E-state index contributed by atoms with van der Waals surface area (Å²) >= 11 is 4.71. The normalized spacial score (nSPS) is 12.5. The fourth-order valence-corrected chi connectivity index (χ4v) is 3.02. The molecule has 23 heavy (non-hydrogen) atoms. The molecule has 0 bridgehead atoms. The highest BCUT2D eigenvalue weighted by Crippen LogP contribution is 2.21. The first-order valence-electron chi connectivity index (χ1n) is 6.72. The summed E-state index contributed by atoms with van der Waals surface area (Å²) in [5.74, 6) is 0.0389. The number of methoxy groups -OCH3 is 1. The van der Waals surface area contributed by atoms with E-state index in [9.17, 15) is 4.79 Å². The van der Waals surface area contributed by atoms with E-state index in [0.717, 1.165) is 15.0 Å². The number of esters is 1. The highest BCUT2D eigenvalue weighted by Gasteiger charge is 2.19. The maximum Gasteiger partial charge on any atom is 0.358 e. The summed E-state index contributed by atoms with van der Waals surface area (Å²) in [4.78, 5) is 27.9. The molecule has 3 rings (SSSR count). The van der Waals surface area contributed by atoms with Gasteiger partial charge in [-0.3, -0.25) is 0 Å². The minimum Gasteiger partial charge on any atom is -0.450 e. The van der Waals surface area contributed by atoms with E-state index in [0.29, 0.717) is 18.1 Å². The smallest absolute Gasteiger partial charge is 0.358 e. The van der Waals surface area contributed by atoms with Crippen LogP contribution in [0, 0.1) is 0 Å². The van der Waals surface area contributed by atoms with Gasteiger partial charge in [-0.15, -0.1) is 11.3 Å². The van der Waals surface area contributed by atoms with Crippen molar-refractivity contribution >= 4 is 44.4 Å². The Kier molecular flexibility index (Phi) is 4.69. The molecule has 0 aliphatic carbocycles. The fourth-order valence-electron chi connectivity index (χ4n) is 1.96. The van der Waals surface area contributed by atoms with Gasteiger partial charge in [-0.25, -0.2) is 19.7 Å². The number of carbonyl (C=O) groups excluding carboxylic acids is 1. The van der Waals surface area contributed by atoms with Gasteiger partial charge in [0.2, 0.25) is 0 Å². The van der Waals surface area contributed by atoms with Gasteiger partial charge in [-0.1, -0.05) is 0 Å². The van der Waals surface area contributed by atoms with Gasteiger partial charge in [0, 0.05) is 23.2 Å². The number of rotatable bonds is 5. The van der Waals surface area contributed by atoms with Crippen LogP contribution in [0.2, 0.25) is 0 Å². The van der Waals surface area contributed by atoms with Crippen LogP contribution >= 0.6 is 27.3 Å². The van der Waals surface area contributed by atoms with Crippen molar-refractivity contribution in [2.24, 2.45) is 0 Å². The van der Waals surface area contributed by atoms with E-state index in [2.05, 4.69) is 35.9 Å². The fraction of sp³-hybridized carbons (Fsp3) is 0.286. The molecule has 0 saturated carbocycles. The Morgan fingerprint density at radius 3 is 3.09 bits per heavy atom. The van der Waals surface area contributed by atoms with Crippen LogP contribution in [-0.4, -0.2) is 33.0 Å². The van der Waals surface area contributed by atoms with Crippen molar-refractivity contribution in [3.05, 3.63) is 38.6 Å². The lowest BCUT2D eigenvalue weighted by Crippen LogP contribution is -2.11. The zero-order valence-corrected chi connectivity index (χ0v) is 14.8. The molecule has 3 heterocycles. The number of ether oxygens (including phenoxy) is 2. The van der Waals surface area contributed by atoms with Crippen molar-refractivity contribution in [3.8, 4) is 0 Å². The average molecular weight is 397 g/mol. The molecular weight excluding hydrogens is 384 g/mol. The van der Waals surface area contributed by atoms with E-state index in [1.165, 1.54) is 11.3 Å². The van der Waals surface area contributed by atoms with Gasteiger partial charge in [0.15, 0.2) is 17.4 Å². The molecule has 1 atom stereocenters. The molecule has 0 radical (unpaired) electrons. The monoisotopic (exact) mass is 396 g/mol. The van der Waals surface area contributed by atoms with Crippen LogP contribution < -0.4 is 0 Å². The second kappa shape index (κ2) is 6.73. The third-order valence-corrected chi connectivity index (χ3v) is 4.28. The lowest BCUT2D eigenvalue weighted by atomic mass is 10.4. The second-order valence-corrected chi connectivity index (χ2v) is 6.61. The molecule has 7 nitrogen and oxygen atoms in total. The number of halogens is 1. The van der Waals surface area contributed by atoms with Crippen molar-refractivity contribution < 1.29 is 14.3 Å². The number of aromatic amines is 1. The van der Waals surface area contributed by atoms with E-state index in [1.807, 2.05) is 6.07 Å². The SMILES string of the molecule is COCc1nc(C(=O)OC(C)c2nc3ncc(Br)cc3[nH]2)cs1. The largest absolute Gasteiger partial charge is 0.450 e. The molecule has 0 fully saturated rings. The van der Waals surface area contributed by atoms with Crippen molar-refractivity contribution in [1.82, 2.24) is 19.9 Å². The van der Waals surface area contributed by atoms with E-state index in [-0.39, 0.29) is 5.69 Å². The van der Waals surface area contributed by atoms with Crippen molar-refractivity contribution in [1.29, 1.82) is 0 Å². The van der Waals surface area contributed by atoms with Crippen molar-refractivity contribution in [2.75, 3.05) is 7.11 Å². The number of imidazole rings is 1. The summed E-state index contributed by atoms with van der Waals surface area (Å²) in [5, 5.41) is 2.38. The molecule has 3 aromatic heterocycles. The second-order valence-electron chi connectivity index (χ2n) is 4.75. The first-order valence-corrected chi connectivity index (χ1v) is 8.39. The molecule has 3 aromatic rings. The molecule has 0 spiro atoms. The number of aromatic nitrogens is 4. The maximum atomic E-state index is 12.1. The van der Waals surface area contributed by atoms with Crippen LogP contribution in [0.15, 0.2) is 22.1 Å².